The molecule has 1 fully saturated rings. The van der Waals surface area contributed by atoms with Crippen molar-refractivity contribution in [3.63, 3.8) is 0 Å². The number of hydrogen-bond acceptors (Lipinski definition) is 6. The lowest BCUT2D eigenvalue weighted by Crippen LogP contribution is -2.31. The highest BCUT2D eigenvalue weighted by molar-refractivity contribution is 7.89. The summed E-state index contributed by atoms with van der Waals surface area (Å²) in [5.41, 5.74) is -0.337. The summed E-state index contributed by atoms with van der Waals surface area (Å²) in [6.45, 7) is 0.186. The molecule has 1 aliphatic rings. The van der Waals surface area contributed by atoms with Gasteiger partial charge >= 0.3 is 5.97 Å². The SMILES string of the molecule is N#Cc1ccnc(OC2CCN(S(=O)(=O)c3ccc(F)c(C(=O)O)c3)C2)c1. The van der Waals surface area contributed by atoms with Crippen LogP contribution in [0.3, 0.4) is 0 Å². The molecule has 3 rings (SSSR count). The van der Waals surface area contributed by atoms with E-state index < -0.39 is 33.5 Å². The fourth-order valence-electron chi connectivity index (χ4n) is 2.70. The molecule has 0 saturated carbocycles. The zero-order valence-corrected chi connectivity index (χ0v) is 14.7. The Labute approximate surface area is 154 Å². The number of rotatable bonds is 5. The van der Waals surface area contributed by atoms with Crippen molar-refractivity contribution >= 4 is 16.0 Å². The number of sulfonamides is 1. The summed E-state index contributed by atoms with van der Waals surface area (Å²) in [5, 5.41) is 17.9. The third-order valence-electron chi connectivity index (χ3n) is 4.07. The quantitative estimate of drug-likeness (QED) is 0.822. The van der Waals surface area contributed by atoms with Crippen molar-refractivity contribution in [1.82, 2.24) is 9.29 Å². The molecule has 0 radical (unpaired) electrons. The number of benzene rings is 1. The summed E-state index contributed by atoms with van der Waals surface area (Å²) in [4.78, 5) is 14.7. The van der Waals surface area contributed by atoms with Gasteiger partial charge in [0, 0.05) is 18.8 Å². The molecule has 2 heterocycles. The Bertz CT molecular complexity index is 1040. The maximum atomic E-state index is 13.5. The first-order valence-electron chi connectivity index (χ1n) is 7.87. The second kappa shape index (κ2) is 7.30. The summed E-state index contributed by atoms with van der Waals surface area (Å²) in [6.07, 6.45) is 1.34. The molecule has 1 aromatic heterocycles. The van der Waals surface area contributed by atoms with Crippen molar-refractivity contribution in [3.8, 4) is 11.9 Å². The second-order valence-corrected chi connectivity index (χ2v) is 7.77. The van der Waals surface area contributed by atoms with E-state index in [1.54, 1.807) is 0 Å². The van der Waals surface area contributed by atoms with Crippen molar-refractivity contribution in [2.24, 2.45) is 0 Å². The van der Waals surface area contributed by atoms with Crippen LogP contribution in [0, 0.1) is 17.1 Å². The summed E-state index contributed by atoms with van der Waals surface area (Å²) in [5.74, 6) is -2.34. The van der Waals surface area contributed by atoms with Crippen LogP contribution >= 0.6 is 0 Å². The zero-order chi connectivity index (χ0) is 19.6. The number of ether oxygens (including phenoxy) is 1. The van der Waals surface area contributed by atoms with Gasteiger partial charge in [-0.15, -0.1) is 0 Å². The Morgan fingerprint density at radius 1 is 1.37 bits per heavy atom. The molecule has 1 atom stereocenters. The molecule has 10 heteroatoms. The Morgan fingerprint density at radius 2 is 2.15 bits per heavy atom. The van der Waals surface area contributed by atoms with Gasteiger partial charge in [0.05, 0.1) is 28.6 Å². The van der Waals surface area contributed by atoms with Gasteiger partial charge in [0.2, 0.25) is 15.9 Å². The minimum absolute atomic E-state index is 0.0283. The topological polar surface area (TPSA) is 121 Å². The van der Waals surface area contributed by atoms with Gasteiger partial charge in [-0.25, -0.2) is 22.6 Å². The molecule has 1 unspecified atom stereocenters. The van der Waals surface area contributed by atoms with E-state index in [4.69, 9.17) is 15.1 Å². The van der Waals surface area contributed by atoms with Crippen molar-refractivity contribution in [2.75, 3.05) is 13.1 Å². The number of carbonyl (C=O) groups is 1. The monoisotopic (exact) mass is 391 g/mol. The summed E-state index contributed by atoms with van der Waals surface area (Å²) >= 11 is 0. The summed E-state index contributed by atoms with van der Waals surface area (Å²) < 4.78 is 45.7. The number of carboxylic acids is 1. The smallest absolute Gasteiger partial charge is 0.338 e. The molecule has 27 heavy (non-hydrogen) atoms. The Morgan fingerprint density at radius 3 is 2.85 bits per heavy atom. The maximum absolute atomic E-state index is 13.5. The first kappa shape index (κ1) is 18.8. The van der Waals surface area contributed by atoms with E-state index in [1.807, 2.05) is 6.07 Å². The number of pyridine rings is 1. The lowest BCUT2D eigenvalue weighted by Gasteiger charge is -2.17. The van der Waals surface area contributed by atoms with E-state index in [2.05, 4.69) is 4.98 Å². The van der Waals surface area contributed by atoms with Crippen LogP contribution in [0.4, 0.5) is 4.39 Å². The normalized spacial score (nSPS) is 17.4. The predicted octanol–water partition coefficient (Wildman–Crippen LogP) is 1.63. The van der Waals surface area contributed by atoms with Crippen molar-refractivity contribution in [2.45, 2.75) is 17.4 Å². The molecule has 8 nitrogen and oxygen atoms in total. The molecule has 1 N–H and O–H groups in total. The Balaban J connectivity index is 1.76. The number of aromatic nitrogens is 1. The maximum Gasteiger partial charge on any atom is 0.338 e. The van der Waals surface area contributed by atoms with Gasteiger partial charge in [-0.3, -0.25) is 0 Å². The lowest BCUT2D eigenvalue weighted by atomic mass is 10.2. The van der Waals surface area contributed by atoms with Crippen LogP contribution in [0.2, 0.25) is 0 Å². The molecule has 2 aromatic rings. The number of hydrogen-bond donors (Lipinski definition) is 1. The fourth-order valence-corrected chi connectivity index (χ4v) is 4.22. The first-order chi connectivity index (χ1) is 12.8. The minimum Gasteiger partial charge on any atom is -0.478 e. The number of aromatic carboxylic acids is 1. The van der Waals surface area contributed by atoms with Gasteiger partial charge in [-0.05, 0) is 30.7 Å². The molecule has 140 valence electrons. The molecule has 0 aliphatic carbocycles. The third kappa shape index (κ3) is 3.89. The molecule has 0 amide bonds. The second-order valence-electron chi connectivity index (χ2n) is 5.83. The van der Waals surface area contributed by atoms with Crippen LogP contribution in [-0.4, -0.2) is 48.0 Å². The van der Waals surface area contributed by atoms with Gasteiger partial charge in [-0.1, -0.05) is 0 Å². The molecule has 1 aliphatic heterocycles. The molecule has 1 aromatic carbocycles. The van der Waals surface area contributed by atoms with E-state index in [1.165, 1.54) is 18.3 Å². The number of nitriles is 1. The number of halogens is 1. The van der Waals surface area contributed by atoms with Gasteiger partial charge in [0.25, 0.3) is 0 Å². The third-order valence-corrected chi connectivity index (χ3v) is 5.93. The van der Waals surface area contributed by atoms with Gasteiger partial charge in [0.1, 0.15) is 11.9 Å². The molecule has 0 spiro atoms. The molecular formula is C17H14FN3O5S. The lowest BCUT2D eigenvalue weighted by molar-refractivity contribution is 0.0691. The van der Waals surface area contributed by atoms with Crippen LogP contribution in [0.15, 0.2) is 41.4 Å². The van der Waals surface area contributed by atoms with E-state index in [-0.39, 0.29) is 23.9 Å². The van der Waals surface area contributed by atoms with E-state index in [0.29, 0.717) is 12.0 Å². The van der Waals surface area contributed by atoms with Crippen LogP contribution in [0.1, 0.15) is 22.3 Å². The zero-order valence-electron chi connectivity index (χ0n) is 13.9. The highest BCUT2D eigenvalue weighted by Crippen LogP contribution is 2.25. The minimum atomic E-state index is -4.00. The predicted molar refractivity (Wildman–Crippen MR) is 90.1 cm³/mol. The van der Waals surface area contributed by atoms with Crippen LogP contribution in [-0.2, 0) is 10.0 Å². The highest BCUT2D eigenvalue weighted by Gasteiger charge is 2.34. The summed E-state index contributed by atoms with van der Waals surface area (Å²) in [7, 11) is -4.00. The van der Waals surface area contributed by atoms with Gasteiger partial charge in [0.15, 0.2) is 0 Å². The Hall–Kier alpha value is -3.03. The number of nitrogens with zero attached hydrogens (tertiary/aromatic N) is 3. The fraction of sp³-hybridized carbons (Fsp3) is 0.235. The van der Waals surface area contributed by atoms with Crippen LogP contribution in [0.5, 0.6) is 5.88 Å². The van der Waals surface area contributed by atoms with Crippen molar-refractivity contribution in [1.29, 1.82) is 5.26 Å². The van der Waals surface area contributed by atoms with E-state index >= 15 is 0 Å². The van der Waals surface area contributed by atoms with E-state index in [9.17, 15) is 17.6 Å². The van der Waals surface area contributed by atoms with Crippen LogP contribution < -0.4 is 4.74 Å². The average molecular weight is 391 g/mol. The first-order valence-corrected chi connectivity index (χ1v) is 9.31. The van der Waals surface area contributed by atoms with Gasteiger partial charge < -0.3 is 9.84 Å². The molecule has 0 bridgehead atoms. The average Bonchev–Trinajstić information content (AvgIpc) is 3.11. The largest absolute Gasteiger partial charge is 0.478 e. The number of carboxylic acid groups (broad SMARTS) is 1. The van der Waals surface area contributed by atoms with E-state index in [0.717, 1.165) is 22.5 Å². The molecule has 1 saturated heterocycles. The summed E-state index contributed by atoms with van der Waals surface area (Å²) in [6, 6.07) is 7.59. The van der Waals surface area contributed by atoms with Crippen molar-refractivity contribution < 1.29 is 27.4 Å². The standard InChI is InChI=1S/C17H14FN3O5S/c18-15-2-1-13(8-14(15)17(22)23)27(24,25)21-6-4-12(10-21)26-16-7-11(9-19)3-5-20-16/h1-3,5,7-8,12H,4,6,10H2,(H,22,23). The Kier molecular flexibility index (Phi) is 5.07. The van der Waals surface area contributed by atoms with Crippen molar-refractivity contribution in [3.05, 3.63) is 53.5 Å². The molecular weight excluding hydrogens is 377 g/mol. The highest BCUT2D eigenvalue weighted by atomic mass is 32.2. The van der Waals surface area contributed by atoms with Crippen LogP contribution in [0.25, 0.3) is 0 Å². The van der Waals surface area contributed by atoms with Gasteiger partial charge in [-0.2, -0.15) is 9.57 Å².